The minimum atomic E-state index is -0.0295. The van der Waals surface area contributed by atoms with Gasteiger partial charge in [-0.15, -0.1) is 0 Å². The number of rotatable bonds is 4. The second kappa shape index (κ2) is 7.99. The SMILES string of the molecule is CN(C)[C@@H]1CC[C@H](NC(=O)N[C@@H]2CCO[C@H](c3ccccc3)C2)C1. The monoisotopic (exact) mass is 331 g/mol. The third kappa shape index (κ3) is 4.48. The highest BCUT2D eigenvalue weighted by atomic mass is 16.5. The Kier molecular flexibility index (Phi) is 5.74. The van der Waals surface area contributed by atoms with Crippen LogP contribution in [0.4, 0.5) is 4.79 Å². The molecule has 0 spiro atoms. The van der Waals surface area contributed by atoms with Crippen LogP contribution >= 0.6 is 0 Å². The van der Waals surface area contributed by atoms with Crippen LogP contribution in [0.3, 0.4) is 0 Å². The second-order valence-corrected chi connectivity index (χ2v) is 7.24. The molecule has 3 rings (SSSR count). The molecule has 1 heterocycles. The van der Waals surface area contributed by atoms with Crippen LogP contribution in [0.15, 0.2) is 30.3 Å². The summed E-state index contributed by atoms with van der Waals surface area (Å²) in [7, 11) is 4.22. The van der Waals surface area contributed by atoms with Crippen molar-refractivity contribution in [1.82, 2.24) is 15.5 Å². The Bertz CT molecular complexity index is 535. The van der Waals surface area contributed by atoms with Gasteiger partial charge < -0.3 is 20.3 Å². The first-order valence-corrected chi connectivity index (χ1v) is 9.02. The zero-order valence-electron chi connectivity index (χ0n) is 14.7. The van der Waals surface area contributed by atoms with E-state index in [0.29, 0.717) is 18.7 Å². The highest BCUT2D eigenvalue weighted by Gasteiger charge is 2.29. The molecule has 0 bridgehead atoms. The number of ether oxygens (including phenoxy) is 1. The van der Waals surface area contributed by atoms with E-state index in [9.17, 15) is 4.79 Å². The van der Waals surface area contributed by atoms with Crippen molar-refractivity contribution in [3.05, 3.63) is 35.9 Å². The van der Waals surface area contributed by atoms with E-state index in [2.05, 4.69) is 41.8 Å². The van der Waals surface area contributed by atoms with Crippen molar-refractivity contribution in [2.75, 3.05) is 20.7 Å². The lowest BCUT2D eigenvalue weighted by molar-refractivity contribution is 0.00221. The highest BCUT2D eigenvalue weighted by molar-refractivity contribution is 5.74. The maximum absolute atomic E-state index is 12.3. The van der Waals surface area contributed by atoms with Crippen molar-refractivity contribution in [2.45, 2.75) is 56.3 Å². The summed E-state index contributed by atoms with van der Waals surface area (Å²) < 4.78 is 5.87. The van der Waals surface area contributed by atoms with Gasteiger partial charge in [-0.25, -0.2) is 4.79 Å². The van der Waals surface area contributed by atoms with Crippen molar-refractivity contribution in [2.24, 2.45) is 0 Å². The molecule has 132 valence electrons. The van der Waals surface area contributed by atoms with E-state index < -0.39 is 0 Å². The van der Waals surface area contributed by atoms with Gasteiger partial charge in [-0.1, -0.05) is 30.3 Å². The van der Waals surface area contributed by atoms with Gasteiger partial charge in [0.15, 0.2) is 0 Å². The summed E-state index contributed by atoms with van der Waals surface area (Å²) in [5.74, 6) is 0. The lowest BCUT2D eigenvalue weighted by Crippen LogP contribution is -2.47. The van der Waals surface area contributed by atoms with E-state index in [4.69, 9.17) is 4.74 Å². The summed E-state index contributed by atoms with van der Waals surface area (Å²) in [6, 6.07) is 11.3. The molecule has 0 radical (unpaired) electrons. The second-order valence-electron chi connectivity index (χ2n) is 7.24. The predicted molar refractivity (Wildman–Crippen MR) is 94.9 cm³/mol. The summed E-state index contributed by atoms with van der Waals surface area (Å²) in [6.07, 6.45) is 5.06. The molecule has 1 saturated carbocycles. The maximum atomic E-state index is 12.3. The Hall–Kier alpha value is -1.59. The average molecular weight is 331 g/mol. The Balaban J connectivity index is 1.46. The van der Waals surface area contributed by atoms with Gasteiger partial charge >= 0.3 is 6.03 Å². The fourth-order valence-corrected chi connectivity index (χ4v) is 3.80. The summed E-state index contributed by atoms with van der Waals surface area (Å²) in [4.78, 5) is 14.6. The van der Waals surface area contributed by atoms with Crippen molar-refractivity contribution >= 4 is 6.03 Å². The molecule has 2 amide bonds. The Morgan fingerprint density at radius 2 is 1.75 bits per heavy atom. The van der Waals surface area contributed by atoms with Gasteiger partial charge in [-0.3, -0.25) is 0 Å². The lowest BCUT2D eigenvalue weighted by atomic mass is 9.97. The first-order chi connectivity index (χ1) is 11.6. The van der Waals surface area contributed by atoms with Crippen molar-refractivity contribution in [3.8, 4) is 0 Å². The van der Waals surface area contributed by atoms with Crippen molar-refractivity contribution in [3.63, 3.8) is 0 Å². The number of carbonyl (C=O) groups excluding carboxylic acids is 1. The number of nitrogens with zero attached hydrogens (tertiary/aromatic N) is 1. The maximum Gasteiger partial charge on any atom is 0.315 e. The molecule has 1 aliphatic heterocycles. The number of hydrogen-bond donors (Lipinski definition) is 2. The average Bonchev–Trinajstić information content (AvgIpc) is 3.04. The molecule has 0 unspecified atom stereocenters. The molecule has 1 aliphatic carbocycles. The molecular formula is C19H29N3O2. The van der Waals surface area contributed by atoms with Crippen LogP contribution < -0.4 is 10.6 Å². The third-order valence-corrected chi connectivity index (χ3v) is 5.26. The fraction of sp³-hybridized carbons (Fsp3) is 0.632. The molecule has 5 heteroatoms. The van der Waals surface area contributed by atoms with E-state index in [0.717, 1.165) is 32.1 Å². The van der Waals surface area contributed by atoms with Crippen LogP contribution in [-0.4, -0.2) is 49.8 Å². The van der Waals surface area contributed by atoms with E-state index in [-0.39, 0.29) is 18.2 Å². The summed E-state index contributed by atoms with van der Waals surface area (Å²) in [5.41, 5.74) is 1.19. The molecule has 2 aliphatic rings. The molecule has 0 aromatic heterocycles. The van der Waals surface area contributed by atoms with Gasteiger partial charge in [-0.05, 0) is 51.8 Å². The van der Waals surface area contributed by atoms with Crippen LogP contribution in [0.25, 0.3) is 0 Å². The van der Waals surface area contributed by atoms with Crippen LogP contribution in [0.5, 0.6) is 0 Å². The molecule has 5 nitrogen and oxygen atoms in total. The first kappa shape index (κ1) is 17.2. The predicted octanol–water partition coefficient (Wildman–Crippen LogP) is 2.69. The minimum Gasteiger partial charge on any atom is -0.373 e. The Morgan fingerprint density at radius 1 is 1.04 bits per heavy atom. The third-order valence-electron chi connectivity index (χ3n) is 5.26. The molecule has 4 atom stereocenters. The van der Waals surface area contributed by atoms with Crippen LogP contribution in [-0.2, 0) is 4.74 Å². The van der Waals surface area contributed by atoms with Crippen molar-refractivity contribution < 1.29 is 9.53 Å². The highest BCUT2D eigenvalue weighted by Crippen LogP contribution is 2.28. The Morgan fingerprint density at radius 3 is 2.42 bits per heavy atom. The van der Waals surface area contributed by atoms with Crippen LogP contribution in [0.2, 0.25) is 0 Å². The fourth-order valence-electron chi connectivity index (χ4n) is 3.80. The van der Waals surface area contributed by atoms with Gasteiger partial charge in [-0.2, -0.15) is 0 Å². The van der Waals surface area contributed by atoms with Crippen molar-refractivity contribution in [1.29, 1.82) is 0 Å². The molecule has 2 fully saturated rings. The van der Waals surface area contributed by atoms with Gasteiger partial charge in [0, 0.05) is 24.7 Å². The van der Waals surface area contributed by atoms with E-state index in [1.165, 1.54) is 5.56 Å². The molecule has 24 heavy (non-hydrogen) atoms. The standard InChI is InChI=1S/C19H29N3O2/c1-22(2)17-9-8-15(12-17)20-19(23)21-16-10-11-24-18(13-16)14-6-4-3-5-7-14/h3-7,15-18H,8-13H2,1-2H3,(H2,20,21,23)/t15-,16+,17+,18-/m0/s1. The van der Waals surface area contributed by atoms with E-state index in [1.807, 2.05) is 18.2 Å². The van der Waals surface area contributed by atoms with E-state index in [1.54, 1.807) is 0 Å². The quantitative estimate of drug-likeness (QED) is 0.892. The summed E-state index contributed by atoms with van der Waals surface area (Å²) in [6.45, 7) is 0.691. The normalized spacial score (nSPS) is 30.3. The van der Waals surface area contributed by atoms with Gasteiger partial charge in [0.05, 0.1) is 6.10 Å². The number of hydrogen-bond acceptors (Lipinski definition) is 3. The number of carbonyl (C=O) groups is 1. The number of benzene rings is 1. The zero-order valence-corrected chi connectivity index (χ0v) is 14.7. The molecular weight excluding hydrogens is 302 g/mol. The largest absolute Gasteiger partial charge is 0.373 e. The smallest absolute Gasteiger partial charge is 0.315 e. The minimum absolute atomic E-state index is 0.0295. The summed E-state index contributed by atoms with van der Waals surface area (Å²) >= 11 is 0. The topological polar surface area (TPSA) is 53.6 Å². The lowest BCUT2D eigenvalue weighted by Gasteiger charge is -2.30. The summed E-state index contributed by atoms with van der Waals surface area (Å²) in [5, 5.41) is 6.29. The molecule has 2 N–H and O–H groups in total. The zero-order chi connectivity index (χ0) is 16.9. The number of nitrogens with one attached hydrogen (secondary N) is 2. The molecule has 1 saturated heterocycles. The van der Waals surface area contributed by atoms with Crippen LogP contribution in [0, 0.1) is 0 Å². The van der Waals surface area contributed by atoms with Gasteiger partial charge in [0.2, 0.25) is 0 Å². The Labute approximate surface area is 144 Å². The van der Waals surface area contributed by atoms with Crippen LogP contribution in [0.1, 0.15) is 43.8 Å². The molecule has 1 aromatic carbocycles. The van der Waals surface area contributed by atoms with E-state index >= 15 is 0 Å². The van der Waals surface area contributed by atoms with Gasteiger partial charge in [0.25, 0.3) is 0 Å². The number of urea groups is 1. The van der Waals surface area contributed by atoms with Gasteiger partial charge in [0.1, 0.15) is 0 Å². The number of amides is 2. The first-order valence-electron chi connectivity index (χ1n) is 9.02. The molecule has 1 aromatic rings.